The summed E-state index contributed by atoms with van der Waals surface area (Å²) < 4.78 is 17.7. The second-order valence-electron chi connectivity index (χ2n) is 6.60. The molecule has 146 valence electrons. The van der Waals surface area contributed by atoms with Gasteiger partial charge in [0, 0.05) is 16.0 Å². The number of thiophene rings is 1. The molecule has 3 heterocycles. The Labute approximate surface area is 165 Å². The summed E-state index contributed by atoms with van der Waals surface area (Å²) in [5.41, 5.74) is 2.75. The number of nitrogens with zero attached hydrogens (tertiary/aromatic N) is 2. The average Bonchev–Trinajstić information content (AvgIpc) is 2.98. The van der Waals surface area contributed by atoms with Crippen molar-refractivity contribution in [1.82, 2.24) is 9.55 Å². The van der Waals surface area contributed by atoms with Crippen LogP contribution in [0.2, 0.25) is 0 Å². The molecule has 0 atom stereocenters. The van der Waals surface area contributed by atoms with Crippen molar-refractivity contribution in [2.45, 2.75) is 33.9 Å². The molecular weight excluding hydrogens is 380 g/mol. The first kappa shape index (κ1) is 18.6. The molecule has 1 aliphatic heterocycles. The van der Waals surface area contributed by atoms with E-state index < -0.39 is 5.97 Å². The number of ether oxygens (including phenoxy) is 3. The van der Waals surface area contributed by atoms with Gasteiger partial charge >= 0.3 is 5.97 Å². The molecule has 8 heteroatoms. The fraction of sp³-hybridized carbons (Fsp3) is 0.350. The zero-order valence-corrected chi connectivity index (χ0v) is 16.7. The van der Waals surface area contributed by atoms with Crippen LogP contribution in [0.15, 0.2) is 23.3 Å². The Morgan fingerprint density at radius 2 is 2.18 bits per heavy atom. The number of aromatic nitrogens is 2. The summed E-state index contributed by atoms with van der Waals surface area (Å²) in [6.45, 7) is 6.68. The van der Waals surface area contributed by atoms with Crippen molar-refractivity contribution in [2.24, 2.45) is 0 Å². The number of hydrogen-bond donors (Lipinski definition) is 0. The molecule has 0 amide bonds. The maximum Gasteiger partial charge on any atom is 0.338 e. The zero-order valence-electron chi connectivity index (χ0n) is 15.9. The predicted molar refractivity (Wildman–Crippen MR) is 105 cm³/mol. The van der Waals surface area contributed by atoms with Crippen molar-refractivity contribution in [3.8, 4) is 5.75 Å². The molecule has 7 nitrogen and oxygen atoms in total. The first-order valence-corrected chi connectivity index (χ1v) is 9.79. The second-order valence-corrected chi connectivity index (χ2v) is 7.80. The molecule has 2 aromatic heterocycles. The van der Waals surface area contributed by atoms with Gasteiger partial charge in [-0.15, -0.1) is 11.3 Å². The number of carbonyl (C=O) groups is 1. The van der Waals surface area contributed by atoms with E-state index >= 15 is 0 Å². The lowest BCUT2D eigenvalue weighted by Gasteiger charge is -2.22. The van der Waals surface area contributed by atoms with Crippen molar-refractivity contribution >= 4 is 27.5 Å². The first-order chi connectivity index (χ1) is 13.5. The molecule has 1 aromatic carbocycles. The molecule has 1 aliphatic rings. The third-order valence-electron chi connectivity index (χ3n) is 4.79. The van der Waals surface area contributed by atoms with Gasteiger partial charge in [-0.3, -0.25) is 9.36 Å². The zero-order chi connectivity index (χ0) is 19.8. The van der Waals surface area contributed by atoms with Crippen molar-refractivity contribution in [3.63, 3.8) is 0 Å². The minimum absolute atomic E-state index is 0.103. The van der Waals surface area contributed by atoms with E-state index in [1.165, 1.54) is 11.3 Å². The van der Waals surface area contributed by atoms with Gasteiger partial charge in [0.1, 0.15) is 10.6 Å². The fourth-order valence-corrected chi connectivity index (χ4v) is 4.30. The van der Waals surface area contributed by atoms with Crippen LogP contribution in [0.3, 0.4) is 0 Å². The van der Waals surface area contributed by atoms with Crippen LogP contribution in [0.25, 0.3) is 10.2 Å². The maximum absolute atomic E-state index is 13.0. The number of carbonyl (C=O) groups excluding carboxylic acids is 1. The summed E-state index contributed by atoms with van der Waals surface area (Å²) in [5.74, 6) is 0.229. The van der Waals surface area contributed by atoms with Gasteiger partial charge in [-0.2, -0.15) is 0 Å². The standard InChI is InChI=1S/C20H20N2O5S/c1-4-26-20(24)13-5-14(17-15(6-13)8-25-10-27-17)7-22-9-21-18-16(19(22)23)11(2)12(3)28-18/h5-6,9H,4,7-8,10H2,1-3H3. The lowest BCUT2D eigenvalue weighted by atomic mass is 10.0. The number of aryl methyl sites for hydroxylation is 2. The summed E-state index contributed by atoms with van der Waals surface area (Å²) in [7, 11) is 0. The maximum atomic E-state index is 13.0. The number of esters is 1. The first-order valence-electron chi connectivity index (χ1n) is 8.98. The van der Waals surface area contributed by atoms with Crippen LogP contribution in [0.4, 0.5) is 0 Å². The van der Waals surface area contributed by atoms with Gasteiger partial charge in [0.25, 0.3) is 5.56 Å². The van der Waals surface area contributed by atoms with Gasteiger partial charge in [0.2, 0.25) is 0 Å². The Morgan fingerprint density at radius 1 is 1.36 bits per heavy atom. The van der Waals surface area contributed by atoms with E-state index in [9.17, 15) is 9.59 Å². The summed E-state index contributed by atoms with van der Waals surface area (Å²) in [5, 5.41) is 0.643. The molecule has 28 heavy (non-hydrogen) atoms. The Balaban J connectivity index is 1.81. The van der Waals surface area contributed by atoms with Crippen molar-refractivity contribution in [1.29, 1.82) is 0 Å². The highest BCUT2D eigenvalue weighted by Crippen LogP contribution is 2.31. The molecule has 0 radical (unpaired) electrons. The van der Waals surface area contributed by atoms with Crippen LogP contribution < -0.4 is 10.3 Å². The lowest BCUT2D eigenvalue weighted by Crippen LogP contribution is -2.23. The highest BCUT2D eigenvalue weighted by atomic mass is 32.1. The molecule has 0 N–H and O–H groups in total. The van der Waals surface area contributed by atoms with E-state index in [1.54, 1.807) is 30.0 Å². The van der Waals surface area contributed by atoms with Crippen LogP contribution in [0, 0.1) is 13.8 Å². The van der Waals surface area contributed by atoms with Gasteiger partial charge in [-0.05, 0) is 38.5 Å². The van der Waals surface area contributed by atoms with Crippen LogP contribution in [0.5, 0.6) is 5.75 Å². The minimum atomic E-state index is -0.414. The molecule has 0 bridgehead atoms. The van der Waals surface area contributed by atoms with Gasteiger partial charge < -0.3 is 14.2 Å². The number of fused-ring (bicyclic) bond motifs is 2. The molecule has 0 unspecified atom stereocenters. The Bertz CT molecular complexity index is 1130. The fourth-order valence-electron chi connectivity index (χ4n) is 3.32. The molecule has 0 saturated heterocycles. The van der Waals surface area contributed by atoms with E-state index in [0.29, 0.717) is 23.3 Å². The topological polar surface area (TPSA) is 79.7 Å². The summed E-state index contributed by atoms with van der Waals surface area (Å²) in [4.78, 5) is 31.5. The molecule has 0 saturated carbocycles. The number of rotatable bonds is 4. The van der Waals surface area contributed by atoms with E-state index in [-0.39, 0.29) is 25.5 Å². The highest BCUT2D eigenvalue weighted by molar-refractivity contribution is 7.18. The van der Waals surface area contributed by atoms with E-state index in [2.05, 4.69) is 4.98 Å². The summed E-state index contributed by atoms with van der Waals surface area (Å²) >= 11 is 1.52. The molecule has 0 aliphatic carbocycles. The van der Waals surface area contributed by atoms with Gasteiger partial charge in [0.15, 0.2) is 6.79 Å². The lowest BCUT2D eigenvalue weighted by molar-refractivity contribution is -0.0171. The van der Waals surface area contributed by atoms with Crippen LogP contribution in [0.1, 0.15) is 38.8 Å². The third kappa shape index (κ3) is 3.18. The number of hydrogen-bond acceptors (Lipinski definition) is 7. The van der Waals surface area contributed by atoms with E-state index in [4.69, 9.17) is 14.2 Å². The quantitative estimate of drug-likeness (QED) is 0.626. The Hall–Kier alpha value is -2.71. The van der Waals surface area contributed by atoms with Crippen molar-refractivity contribution in [2.75, 3.05) is 13.4 Å². The van der Waals surface area contributed by atoms with E-state index in [0.717, 1.165) is 26.4 Å². The second kappa shape index (κ2) is 7.37. The monoisotopic (exact) mass is 400 g/mol. The third-order valence-corrected chi connectivity index (χ3v) is 5.91. The van der Waals surface area contributed by atoms with Crippen LogP contribution in [-0.2, 0) is 22.6 Å². The van der Waals surface area contributed by atoms with Gasteiger partial charge in [-0.1, -0.05) is 0 Å². The predicted octanol–water partition coefficient (Wildman–Crippen LogP) is 3.17. The number of benzene rings is 1. The molecule has 3 aromatic rings. The summed E-state index contributed by atoms with van der Waals surface area (Å²) in [6, 6.07) is 3.43. The molecule has 4 rings (SSSR count). The smallest absolute Gasteiger partial charge is 0.338 e. The van der Waals surface area contributed by atoms with Crippen molar-refractivity contribution in [3.05, 3.63) is 55.9 Å². The largest absolute Gasteiger partial charge is 0.467 e. The molecule has 0 fully saturated rings. The molecular formula is C20H20N2O5S. The average molecular weight is 400 g/mol. The van der Waals surface area contributed by atoms with Gasteiger partial charge in [0.05, 0.1) is 37.0 Å². The summed E-state index contributed by atoms with van der Waals surface area (Å²) in [6.07, 6.45) is 1.54. The minimum Gasteiger partial charge on any atom is -0.467 e. The SMILES string of the molecule is CCOC(=O)c1cc2c(c(Cn3cnc4sc(C)c(C)c4c3=O)c1)OCOC2. The van der Waals surface area contributed by atoms with Crippen LogP contribution >= 0.6 is 11.3 Å². The van der Waals surface area contributed by atoms with Crippen molar-refractivity contribution < 1.29 is 19.0 Å². The highest BCUT2D eigenvalue weighted by Gasteiger charge is 2.21. The van der Waals surface area contributed by atoms with Gasteiger partial charge in [-0.25, -0.2) is 9.78 Å². The Kier molecular flexibility index (Phi) is 4.91. The molecule has 0 spiro atoms. The Morgan fingerprint density at radius 3 is 2.96 bits per heavy atom. The normalized spacial score (nSPS) is 13.2. The van der Waals surface area contributed by atoms with Crippen LogP contribution in [-0.4, -0.2) is 28.9 Å². The van der Waals surface area contributed by atoms with E-state index in [1.807, 2.05) is 13.8 Å².